The summed E-state index contributed by atoms with van der Waals surface area (Å²) in [6.45, 7) is 10.2. The first kappa shape index (κ1) is 16.6. The number of epoxide rings is 1. The van der Waals surface area contributed by atoms with Crippen LogP contribution in [-0.2, 0) is 23.8 Å². The Morgan fingerprint density at radius 1 is 1.48 bits per heavy atom. The maximum Gasteiger partial charge on any atom is 0.334 e. The van der Waals surface area contributed by atoms with Crippen molar-refractivity contribution in [2.75, 3.05) is 6.61 Å². The summed E-state index contributed by atoms with van der Waals surface area (Å²) in [4.78, 5) is 24.4. The van der Waals surface area contributed by atoms with Gasteiger partial charge in [0.2, 0.25) is 0 Å². The van der Waals surface area contributed by atoms with Gasteiger partial charge >= 0.3 is 11.9 Å². The molecule has 6 atom stereocenters. The van der Waals surface area contributed by atoms with Crippen LogP contribution < -0.4 is 0 Å². The quantitative estimate of drug-likeness (QED) is 0.333. The van der Waals surface area contributed by atoms with Gasteiger partial charge in [0.1, 0.15) is 17.8 Å². The molecule has 5 heteroatoms. The van der Waals surface area contributed by atoms with Crippen molar-refractivity contribution in [1.29, 1.82) is 0 Å². The maximum absolute atomic E-state index is 12.3. The van der Waals surface area contributed by atoms with E-state index in [0.717, 1.165) is 12.8 Å². The van der Waals surface area contributed by atoms with Crippen LogP contribution in [0.4, 0.5) is 0 Å². The minimum absolute atomic E-state index is 0.0318. The first-order valence-electron chi connectivity index (χ1n) is 8.89. The molecule has 2 aliphatic carbocycles. The molecule has 0 aromatic rings. The number of allylic oxidation sites excluding steroid dienone is 1. The Hall–Kier alpha value is -1.88. The molecule has 25 heavy (non-hydrogen) atoms. The van der Waals surface area contributed by atoms with E-state index in [0.29, 0.717) is 17.8 Å². The zero-order valence-electron chi connectivity index (χ0n) is 14.9. The van der Waals surface area contributed by atoms with Gasteiger partial charge in [-0.2, -0.15) is 0 Å². The number of carbonyl (C=O) groups excluding carboxylic acids is 2. The molecule has 0 N–H and O–H groups in total. The van der Waals surface area contributed by atoms with Crippen LogP contribution in [0.15, 0.2) is 36.0 Å². The van der Waals surface area contributed by atoms with E-state index < -0.39 is 5.60 Å². The second-order valence-electron chi connectivity index (χ2n) is 7.92. The second kappa shape index (κ2) is 5.31. The monoisotopic (exact) mass is 344 g/mol. The average Bonchev–Trinajstić information content (AvgIpc) is 3.30. The van der Waals surface area contributed by atoms with Crippen LogP contribution in [0, 0.1) is 17.3 Å². The minimum atomic E-state index is -0.401. The smallest absolute Gasteiger partial charge is 0.334 e. The third kappa shape index (κ3) is 2.25. The van der Waals surface area contributed by atoms with Gasteiger partial charge in [-0.25, -0.2) is 9.59 Å². The molecule has 0 radical (unpaired) electrons. The van der Waals surface area contributed by atoms with Gasteiger partial charge < -0.3 is 14.2 Å². The second-order valence-corrected chi connectivity index (χ2v) is 7.92. The van der Waals surface area contributed by atoms with Crippen LogP contribution in [0.25, 0.3) is 0 Å². The molecule has 4 rings (SSSR count). The zero-order chi connectivity index (χ0) is 18.0. The van der Waals surface area contributed by atoms with Gasteiger partial charge in [-0.1, -0.05) is 25.7 Å². The lowest BCUT2D eigenvalue weighted by Gasteiger charge is -2.52. The molecule has 0 amide bonds. The van der Waals surface area contributed by atoms with E-state index in [2.05, 4.69) is 13.5 Å². The predicted octanol–water partition coefficient (Wildman–Crippen LogP) is 2.72. The molecule has 1 spiro atoms. The number of rotatable bonds is 2. The molecule has 2 saturated heterocycles. The zero-order valence-corrected chi connectivity index (χ0v) is 14.9. The van der Waals surface area contributed by atoms with Gasteiger partial charge in [0.05, 0.1) is 6.61 Å². The van der Waals surface area contributed by atoms with E-state index in [1.807, 2.05) is 19.1 Å². The van der Waals surface area contributed by atoms with Crippen molar-refractivity contribution in [3.8, 4) is 0 Å². The molecular weight excluding hydrogens is 320 g/mol. The molecule has 3 fully saturated rings. The van der Waals surface area contributed by atoms with E-state index in [-0.39, 0.29) is 41.4 Å². The molecular formula is C20H24O5. The molecule has 4 aliphatic rings. The lowest BCUT2D eigenvalue weighted by atomic mass is 9.54. The predicted molar refractivity (Wildman–Crippen MR) is 90.5 cm³/mol. The van der Waals surface area contributed by atoms with E-state index in [1.165, 1.54) is 0 Å². The first-order chi connectivity index (χ1) is 11.8. The molecule has 6 unspecified atom stereocenters. The largest absolute Gasteiger partial charge is 0.458 e. The van der Waals surface area contributed by atoms with Crippen molar-refractivity contribution in [3.63, 3.8) is 0 Å². The van der Waals surface area contributed by atoms with Crippen LogP contribution in [0.3, 0.4) is 0 Å². The van der Waals surface area contributed by atoms with E-state index in [4.69, 9.17) is 14.2 Å². The number of ether oxygens (including phenoxy) is 3. The number of esters is 2. The van der Waals surface area contributed by atoms with Crippen LogP contribution in [-0.4, -0.2) is 36.4 Å². The summed E-state index contributed by atoms with van der Waals surface area (Å²) in [7, 11) is 0. The van der Waals surface area contributed by atoms with Crippen LogP contribution in [0.1, 0.15) is 33.6 Å². The summed E-state index contributed by atoms with van der Waals surface area (Å²) in [5, 5.41) is 0. The number of hydrogen-bond acceptors (Lipinski definition) is 5. The number of hydrogen-bond donors (Lipinski definition) is 0. The maximum atomic E-state index is 12.3. The topological polar surface area (TPSA) is 65.1 Å². The third-order valence-corrected chi connectivity index (χ3v) is 6.58. The summed E-state index contributed by atoms with van der Waals surface area (Å²) in [5.41, 5.74) is 0.421. The Bertz CT molecular complexity index is 714. The Morgan fingerprint density at radius 2 is 2.20 bits per heavy atom. The first-order valence-corrected chi connectivity index (χ1v) is 8.89. The van der Waals surface area contributed by atoms with Crippen molar-refractivity contribution in [3.05, 3.63) is 36.0 Å². The summed E-state index contributed by atoms with van der Waals surface area (Å²) in [6.07, 6.45) is 6.73. The molecule has 2 heterocycles. The van der Waals surface area contributed by atoms with Gasteiger partial charge in [0.25, 0.3) is 0 Å². The Kier molecular flexibility index (Phi) is 3.52. The van der Waals surface area contributed by atoms with Gasteiger partial charge in [0, 0.05) is 28.4 Å². The highest BCUT2D eigenvalue weighted by Crippen LogP contribution is 2.61. The SMILES string of the molecule is C=C1C(=O)OC2C1CCC1(C)C(OC(=O)C(C)=CC)C=CC3(CO3)C21. The van der Waals surface area contributed by atoms with Crippen LogP contribution in [0.2, 0.25) is 0 Å². The molecule has 0 bridgehead atoms. The number of carbonyl (C=O) groups is 2. The average molecular weight is 344 g/mol. The standard InChI is InChI=1S/C20H24O5/c1-5-11(2)17(21)24-14-7-9-20(10-23-20)16-15-13(6-8-19(14,16)4)12(3)18(22)25-15/h5,7,9,13-16H,3,6,8,10H2,1-2,4H3. The van der Waals surface area contributed by atoms with Crippen molar-refractivity contribution in [1.82, 2.24) is 0 Å². The fourth-order valence-electron chi connectivity index (χ4n) is 4.86. The van der Waals surface area contributed by atoms with Crippen molar-refractivity contribution in [2.45, 2.75) is 51.4 Å². The highest BCUT2D eigenvalue weighted by atomic mass is 16.6. The normalized spacial score (nSPS) is 45.0. The summed E-state index contributed by atoms with van der Waals surface area (Å²) in [5.74, 6) is -0.606. The molecule has 134 valence electrons. The lowest BCUT2D eigenvalue weighted by molar-refractivity contribution is -0.169. The van der Waals surface area contributed by atoms with Crippen molar-refractivity contribution < 1.29 is 23.8 Å². The van der Waals surface area contributed by atoms with Gasteiger partial charge in [0.15, 0.2) is 0 Å². The Morgan fingerprint density at radius 3 is 2.84 bits per heavy atom. The van der Waals surface area contributed by atoms with Gasteiger partial charge in [-0.15, -0.1) is 0 Å². The Labute approximate surface area is 147 Å². The molecule has 0 aromatic carbocycles. The van der Waals surface area contributed by atoms with Crippen molar-refractivity contribution >= 4 is 11.9 Å². The fraction of sp³-hybridized carbons (Fsp3) is 0.600. The summed E-state index contributed by atoms with van der Waals surface area (Å²) < 4.78 is 17.3. The van der Waals surface area contributed by atoms with Crippen LogP contribution in [0.5, 0.6) is 0 Å². The summed E-state index contributed by atoms with van der Waals surface area (Å²) in [6, 6.07) is 0. The van der Waals surface area contributed by atoms with Crippen LogP contribution >= 0.6 is 0 Å². The van der Waals surface area contributed by atoms with E-state index in [1.54, 1.807) is 13.0 Å². The summed E-state index contributed by atoms with van der Waals surface area (Å²) >= 11 is 0. The molecule has 2 aliphatic heterocycles. The van der Waals surface area contributed by atoms with E-state index in [9.17, 15) is 9.59 Å². The molecule has 0 aromatic heterocycles. The molecule has 1 saturated carbocycles. The highest BCUT2D eigenvalue weighted by Gasteiger charge is 2.69. The van der Waals surface area contributed by atoms with Crippen molar-refractivity contribution in [2.24, 2.45) is 17.3 Å². The molecule has 5 nitrogen and oxygen atoms in total. The van der Waals surface area contributed by atoms with E-state index >= 15 is 0 Å². The van der Waals surface area contributed by atoms with Gasteiger partial charge in [-0.3, -0.25) is 0 Å². The third-order valence-electron chi connectivity index (χ3n) is 6.58. The lowest BCUT2D eigenvalue weighted by Crippen LogP contribution is -2.58. The minimum Gasteiger partial charge on any atom is -0.458 e. The number of fused-ring (bicyclic) bond motifs is 4. The van der Waals surface area contributed by atoms with Gasteiger partial charge in [-0.05, 0) is 32.8 Å². The highest BCUT2D eigenvalue weighted by molar-refractivity contribution is 5.91. The fourth-order valence-corrected chi connectivity index (χ4v) is 4.86. The Balaban J connectivity index is 1.69.